The molecule has 1 aromatic heterocycles. The molecular weight excluding hydrogens is 256 g/mol. The van der Waals surface area contributed by atoms with Gasteiger partial charge in [0.15, 0.2) is 0 Å². The van der Waals surface area contributed by atoms with Crippen LogP contribution in [0, 0.1) is 0 Å². The third-order valence-corrected chi connectivity index (χ3v) is 2.75. The second-order valence-corrected chi connectivity index (χ2v) is 4.35. The van der Waals surface area contributed by atoms with Crippen molar-refractivity contribution < 1.29 is 14.4 Å². The van der Waals surface area contributed by atoms with E-state index in [0.29, 0.717) is 16.3 Å². The monoisotopic (exact) mass is 266 g/mol. The van der Waals surface area contributed by atoms with Crippen LogP contribution >= 0.6 is 11.6 Å². The van der Waals surface area contributed by atoms with Gasteiger partial charge >= 0.3 is 5.97 Å². The van der Waals surface area contributed by atoms with Crippen molar-refractivity contribution in [3.63, 3.8) is 0 Å². The van der Waals surface area contributed by atoms with Crippen molar-refractivity contribution >= 4 is 23.3 Å². The number of hydrogen-bond donors (Lipinski definition) is 1. The molecule has 2 rings (SSSR count). The van der Waals surface area contributed by atoms with Crippen LogP contribution < -0.4 is 4.90 Å². The zero-order valence-corrected chi connectivity index (χ0v) is 10.6. The Bertz CT molecular complexity index is 593. The first-order valence-electron chi connectivity index (χ1n) is 5.16. The largest absolute Gasteiger partial charge is 0.475 e. The number of hydrogen-bond acceptors (Lipinski definition) is 4. The molecule has 0 amide bonds. The van der Waals surface area contributed by atoms with E-state index in [1.807, 2.05) is 31.1 Å². The number of aromatic nitrogens is 1. The Morgan fingerprint density at radius 1 is 1.39 bits per heavy atom. The number of carboxylic acid groups (broad SMARTS) is 1. The van der Waals surface area contributed by atoms with Crippen molar-refractivity contribution in [1.82, 2.24) is 5.16 Å². The van der Waals surface area contributed by atoms with Gasteiger partial charge in [-0.3, -0.25) is 0 Å². The summed E-state index contributed by atoms with van der Waals surface area (Å²) in [7, 11) is 3.78. The Morgan fingerprint density at radius 3 is 2.61 bits per heavy atom. The zero-order valence-electron chi connectivity index (χ0n) is 9.85. The van der Waals surface area contributed by atoms with Crippen LogP contribution in [0.1, 0.15) is 10.6 Å². The highest BCUT2D eigenvalue weighted by Crippen LogP contribution is 2.29. The number of carboxylic acids is 1. The van der Waals surface area contributed by atoms with Gasteiger partial charge in [-0.05, 0) is 12.1 Å². The van der Waals surface area contributed by atoms with Gasteiger partial charge in [-0.2, -0.15) is 0 Å². The molecule has 1 N–H and O–H groups in total. The van der Waals surface area contributed by atoms with E-state index in [0.717, 1.165) is 5.69 Å². The van der Waals surface area contributed by atoms with E-state index >= 15 is 0 Å². The van der Waals surface area contributed by atoms with Gasteiger partial charge in [0, 0.05) is 25.7 Å². The van der Waals surface area contributed by atoms with E-state index in [4.69, 9.17) is 21.2 Å². The minimum absolute atomic E-state index is 0.196. The quantitative estimate of drug-likeness (QED) is 0.925. The Labute approximate surface area is 109 Å². The molecule has 1 heterocycles. The second kappa shape index (κ2) is 4.70. The molecule has 0 fully saturated rings. The molecule has 18 heavy (non-hydrogen) atoms. The van der Waals surface area contributed by atoms with Gasteiger partial charge in [0.05, 0.1) is 10.7 Å². The third kappa shape index (κ3) is 2.31. The van der Waals surface area contributed by atoms with Gasteiger partial charge in [0.1, 0.15) is 5.69 Å². The molecular formula is C12H11ClN2O3. The maximum Gasteiger partial charge on any atom is 0.374 e. The van der Waals surface area contributed by atoms with Crippen molar-refractivity contribution in [2.45, 2.75) is 0 Å². The topological polar surface area (TPSA) is 66.6 Å². The maximum absolute atomic E-state index is 10.7. The van der Waals surface area contributed by atoms with Crippen LogP contribution in [0.15, 0.2) is 28.8 Å². The SMILES string of the molecule is CN(C)c1ccc(-c2cc(C(=O)O)on2)cc1Cl. The number of carbonyl (C=O) groups is 1. The number of nitrogens with zero attached hydrogens (tertiary/aromatic N) is 2. The van der Waals surface area contributed by atoms with E-state index in [9.17, 15) is 4.79 Å². The number of halogens is 1. The van der Waals surface area contributed by atoms with Crippen LogP contribution in [0.3, 0.4) is 0 Å². The number of rotatable bonds is 3. The van der Waals surface area contributed by atoms with Gasteiger partial charge in [-0.25, -0.2) is 4.79 Å². The summed E-state index contributed by atoms with van der Waals surface area (Å²) in [5, 5.41) is 13.0. The summed E-state index contributed by atoms with van der Waals surface area (Å²) in [6, 6.07) is 6.74. The predicted molar refractivity (Wildman–Crippen MR) is 68.2 cm³/mol. The molecule has 0 saturated heterocycles. The molecule has 2 aromatic rings. The highest BCUT2D eigenvalue weighted by Gasteiger charge is 2.13. The van der Waals surface area contributed by atoms with Crippen molar-refractivity contribution in [3.05, 3.63) is 35.0 Å². The predicted octanol–water partition coefficient (Wildman–Crippen LogP) is 2.76. The first kappa shape index (κ1) is 12.4. The lowest BCUT2D eigenvalue weighted by molar-refractivity contribution is 0.0652. The zero-order chi connectivity index (χ0) is 13.3. The molecule has 94 valence electrons. The first-order chi connectivity index (χ1) is 8.49. The van der Waals surface area contributed by atoms with Crippen LogP contribution in [0.4, 0.5) is 5.69 Å². The molecule has 0 unspecified atom stereocenters. The molecule has 0 saturated carbocycles. The summed E-state index contributed by atoms with van der Waals surface area (Å²) >= 11 is 6.13. The van der Waals surface area contributed by atoms with Gasteiger partial charge < -0.3 is 14.5 Å². The normalized spacial score (nSPS) is 10.4. The average Bonchev–Trinajstić information content (AvgIpc) is 2.77. The number of aromatic carboxylic acids is 1. The fourth-order valence-corrected chi connectivity index (χ4v) is 1.89. The summed E-state index contributed by atoms with van der Waals surface area (Å²) in [4.78, 5) is 12.6. The Kier molecular flexibility index (Phi) is 3.25. The van der Waals surface area contributed by atoms with E-state index in [1.165, 1.54) is 6.07 Å². The molecule has 5 nitrogen and oxygen atoms in total. The minimum Gasteiger partial charge on any atom is -0.475 e. The Morgan fingerprint density at radius 2 is 2.11 bits per heavy atom. The fourth-order valence-electron chi connectivity index (χ4n) is 1.54. The smallest absolute Gasteiger partial charge is 0.374 e. The van der Waals surface area contributed by atoms with Gasteiger partial charge in [-0.15, -0.1) is 0 Å². The van der Waals surface area contributed by atoms with Crippen molar-refractivity contribution in [2.24, 2.45) is 0 Å². The first-order valence-corrected chi connectivity index (χ1v) is 5.54. The van der Waals surface area contributed by atoms with Crippen molar-refractivity contribution in [1.29, 1.82) is 0 Å². The third-order valence-electron chi connectivity index (χ3n) is 2.45. The van der Waals surface area contributed by atoms with Crippen LogP contribution in [0.25, 0.3) is 11.3 Å². The highest BCUT2D eigenvalue weighted by molar-refractivity contribution is 6.33. The highest BCUT2D eigenvalue weighted by atomic mass is 35.5. The number of anilines is 1. The van der Waals surface area contributed by atoms with E-state index in [1.54, 1.807) is 6.07 Å². The lowest BCUT2D eigenvalue weighted by Crippen LogP contribution is -2.08. The fraction of sp³-hybridized carbons (Fsp3) is 0.167. The molecule has 0 bridgehead atoms. The Hall–Kier alpha value is -2.01. The van der Waals surface area contributed by atoms with Gasteiger partial charge in [0.25, 0.3) is 0 Å². The molecule has 0 spiro atoms. The molecule has 0 aliphatic carbocycles. The summed E-state index contributed by atoms with van der Waals surface area (Å²) in [6.45, 7) is 0. The molecule has 6 heteroatoms. The lowest BCUT2D eigenvalue weighted by Gasteiger charge is -2.14. The minimum atomic E-state index is -1.15. The maximum atomic E-state index is 10.7. The molecule has 1 aromatic carbocycles. The summed E-state index contributed by atoms with van der Waals surface area (Å²) in [5.41, 5.74) is 2.03. The molecule has 0 radical (unpaired) electrons. The molecule has 0 atom stereocenters. The van der Waals surface area contributed by atoms with Crippen LogP contribution in [0.5, 0.6) is 0 Å². The van der Waals surface area contributed by atoms with Crippen LogP contribution in [-0.2, 0) is 0 Å². The van der Waals surface area contributed by atoms with Gasteiger partial charge in [-0.1, -0.05) is 22.8 Å². The molecule has 0 aliphatic heterocycles. The van der Waals surface area contributed by atoms with Gasteiger partial charge in [0.2, 0.25) is 5.76 Å². The summed E-state index contributed by atoms with van der Waals surface area (Å²) in [6.07, 6.45) is 0. The van der Waals surface area contributed by atoms with E-state index < -0.39 is 5.97 Å². The van der Waals surface area contributed by atoms with E-state index in [2.05, 4.69) is 5.16 Å². The lowest BCUT2D eigenvalue weighted by atomic mass is 10.1. The standard InChI is InChI=1S/C12H11ClN2O3/c1-15(2)10-4-3-7(5-8(10)13)9-6-11(12(16)17)18-14-9/h3-6H,1-2H3,(H,16,17). The van der Waals surface area contributed by atoms with Crippen LogP contribution in [-0.4, -0.2) is 30.3 Å². The Balaban J connectivity index is 2.39. The van der Waals surface area contributed by atoms with E-state index in [-0.39, 0.29) is 5.76 Å². The van der Waals surface area contributed by atoms with Crippen molar-refractivity contribution in [2.75, 3.05) is 19.0 Å². The molecule has 0 aliphatic rings. The van der Waals surface area contributed by atoms with Crippen LogP contribution in [0.2, 0.25) is 5.02 Å². The average molecular weight is 267 g/mol. The second-order valence-electron chi connectivity index (χ2n) is 3.94. The summed E-state index contributed by atoms with van der Waals surface area (Å²) < 4.78 is 4.70. The summed E-state index contributed by atoms with van der Waals surface area (Å²) in [5.74, 6) is -1.34. The number of benzene rings is 1. The van der Waals surface area contributed by atoms with Crippen molar-refractivity contribution in [3.8, 4) is 11.3 Å².